The van der Waals surface area contributed by atoms with E-state index in [-0.39, 0.29) is 22.4 Å². The van der Waals surface area contributed by atoms with E-state index in [0.717, 1.165) is 33.4 Å². The van der Waals surface area contributed by atoms with Gasteiger partial charge in [-0.05, 0) is 87.5 Å². The Labute approximate surface area is 275 Å². The third-order valence-corrected chi connectivity index (χ3v) is 8.56. The van der Waals surface area contributed by atoms with Crippen molar-refractivity contribution in [1.29, 1.82) is 0 Å². The SMILES string of the molecule is CC1=C(/C=C/C(C)=C/C=C/C(C)=C/C=C/C=C(C)/C=C/C=C(C)/C=C/C2=C(C)C(=O)C(N=O)CC2(C)C)C(C)(C)CC(N=O)C1=O. The summed E-state index contributed by atoms with van der Waals surface area (Å²) in [6, 6.07) is -1.58. The first kappa shape index (κ1) is 37.9. The molecule has 2 unspecified atom stereocenters. The highest BCUT2D eigenvalue weighted by molar-refractivity contribution is 6.02. The fraction of sp³-hybridized carbons (Fsp3) is 0.400. The molecule has 0 aliphatic heterocycles. The van der Waals surface area contributed by atoms with E-state index >= 15 is 0 Å². The fourth-order valence-electron chi connectivity index (χ4n) is 5.79. The Morgan fingerprint density at radius 2 is 0.870 bits per heavy atom. The molecule has 244 valence electrons. The monoisotopic (exact) mass is 622 g/mol. The number of nitroso groups, excluding NO2 is 2. The van der Waals surface area contributed by atoms with Gasteiger partial charge >= 0.3 is 0 Å². The van der Waals surface area contributed by atoms with Crippen LogP contribution < -0.4 is 0 Å². The molecule has 0 radical (unpaired) electrons. The summed E-state index contributed by atoms with van der Waals surface area (Å²) in [6.45, 7) is 19.8. The van der Waals surface area contributed by atoms with E-state index in [2.05, 4.69) is 10.4 Å². The minimum absolute atomic E-state index is 0.178. The highest BCUT2D eigenvalue weighted by Gasteiger charge is 2.39. The number of carbonyl (C=O) groups is 2. The first-order valence-corrected chi connectivity index (χ1v) is 15.8. The van der Waals surface area contributed by atoms with Crippen LogP contribution >= 0.6 is 0 Å². The van der Waals surface area contributed by atoms with Crippen LogP contribution in [0.1, 0.15) is 82.1 Å². The lowest BCUT2D eigenvalue weighted by molar-refractivity contribution is -0.118. The van der Waals surface area contributed by atoms with Gasteiger partial charge in [-0.15, -0.1) is 0 Å². The quantitative estimate of drug-likeness (QED) is 0.160. The number of allylic oxidation sites excluding steroid dienone is 20. The zero-order valence-electron chi connectivity index (χ0n) is 29.2. The van der Waals surface area contributed by atoms with Crippen molar-refractivity contribution in [2.24, 2.45) is 21.2 Å². The van der Waals surface area contributed by atoms with Gasteiger partial charge in [0.2, 0.25) is 0 Å². The zero-order chi connectivity index (χ0) is 34.7. The molecule has 2 aliphatic carbocycles. The predicted octanol–water partition coefficient (Wildman–Crippen LogP) is 10.5. The van der Waals surface area contributed by atoms with Crippen molar-refractivity contribution in [3.63, 3.8) is 0 Å². The third kappa shape index (κ3) is 10.6. The molecule has 0 N–H and O–H groups in total. The van der Waals surface area contributed by atoms with Gasteiger partial charge in [-0.1, -0.05) is 145 Å². The van der Waals surface area contributed by atoms with Crippen molar-refractivity contribution in [1.82, 2.24) is 0 Å². The molecule has 2 aliphatic rings. The molecule has 6 heteroatoms. The average molecular weight is 623 g/mol. The number of nitrogens with zero attached hydrogens (tertiary/aromatic N) is 2. The number of rotatable bonds is 12. The van der Waals surface area contributed by atoms with Crippen molar-refractivity contribution in [3.05, 3.63) is 139 Å². The molecule has 0 spiro atoms. The normalized spacial score (nSPS) is 23.8. The number of hydrogen-bond acceptors (Lipinski definition) is 6. The van der Waals surface area contributed by atoms with Crippen molar-refractivity contribution < 1.29 is 9.59 Å². The molecule has 0 aromatic heterocycles. The van der Waals surface area contributed by atoms with Crippen LogP contribution in [0, 0.1) is 20.6 Å². The Hall–Kier alpha value is -4.32. The Morgan fingerprint density at radius 1 is 0.565 bits per heavy atom. The van der Waals surface area contributed by atoms with Gasteiger partial charge in [0.1, 0.15) is 0 Å². The lowest BCUT2D eigenvalue weighted by atomic mass is 9.70. The summed E-state index contributed by atoms with van der Waals surface area (Å²) >= 11 is 0. The van der Waals surface area contributed by atoms with Gasteiger partial charge in [-0.25, -0.2) is 0 Å². The maximum absolute atomic E-state index is 12.4. The van der Waals surface area contributed by atoms with E-state index in [0.29, 0.717) is 24.0 Å². The van der Waals surface area contributed by atoms with Crippen molar-refractivity contribution >= 4 is 11.6 Å². The highest BCUT2D eigenvalue weighted by Crippen LogP contribution is 2.41. The topological polar surface area (TPSA) is 93.0 Å². The van der Waals surface area contributed by atoms with Crippen LogP contribution in [-0.2, 0) is 9.59 Å². The second-order valence-electron chi connectivity index (χ2n) is 13.6. The number of Topliss-reactive ketones (excluding diaryl/α,β-unsaturated/α-hetero) is 2. The highest BCUT2D eigenvalue weighted by atomic mass is 16.3. The summed E-state index contributed by atoms with van der Waals surface area (Å²) < 4.78 is 0. The van der Waals surface area contributed by atoms with Crippen LogP contribution in [0.5, 0.6) is 0 Å². The van der Waals surface area contributed by atoms with Crippen molar-refractivity contribution in [3.8, 4) is 0 Å². The first-order valence-electron chi connectivity index (χ1n) is 15.8. The van der Waals surface area contributed by atoms with Crippen LogP contribution in [0.2, 0.25) is 0 Å². The molecule has 2 rings (SSSR count). The molecule has 0 amide bonds. The van der Waals surface area contributed by atoms with Crippen LogP contribution in [-0.4, -0.2) is 23.7 Å². The molecule has 6 nitrogen and oxygen atoms in total. The standard InChI is InChI=1S/C40H50N2O4/c1-27(17-13-19-29(3)21-23-33-31(5)37(43)35(41-45)25-39(33,7)8)15-11-12-16-28(2)18-14-20-30(4)22-24-34-32(6)38(44)36(42-46)26-40(34,9)10/h11-24,35-36H,25-26H2,1-10H3/b12-11+,17-13+,18-14+,23-21+,24-22+,27-15+,28-16+,29-19+,30-20+. The Balaban J connectivity index is 1.97. The van der Waals surface area contributed by atoms with Crippen LogP contribution in [0.25, 0.3) is 0 Å². The lowest BCUT2D eigenvalue weighted by Crippen LogP contribution is -2.34. The fourth-order valence-corrected chi connectivity index (χ4v) is 5.79. The molecule has 0 aromatic carbocycles. The Kier molecular flexibility index (Phi) is 13.9. The summed E-state index contributed by atoms with van der Waals surface area (Å²) in [5.41, 5.74) is 6.87. The first-order chi connectivity index (χ1) is 21.5. The van der Waals surface area contributed by atoms with Crippen molar-refractivity contribution in [2.75, 3.05) is 0 Å². The lowest BCUT2D eigenvalue weighted by Gasteiger charge is -2.34. The van der Waals surface area contributed by atoms with Gasteiger partial charge in [0.15, 0.2) is 23.7 Å². The summed E-state index contributed by atoms with van der Waals surface area (Å²) in [5.74, 6) is -0.355. The van der Waals surface area contributed by atoms with Gasteiger partial charge in [0, 0.05) is 0 Å². The second kappa shape index (κ2) is 16.8. The molecule has 46 heavy (non-hydrogen) atoms. The molecular weight excluding hydrogens is 572 g/mol. The molecule has 0 saturated carbocycles. The molecule has 0 fully saturated rings. The van der Waals surface area contributed by atoms with E-state index < -0.39 is 12.1 Å². The van der Waals surface area contributed by atoms with Crippen LogP contribution in [0.4, 0.5) is 0 Å². The minimum atomic E-state index is -0.789. The molecular formula is C40H50N2O4. The number of ketones is 2. The van der Waals surface area contributed by atoms with Crippen LogP contribution in [0.3, 0.4) is 0 Å². The number of carbonyl (C=O) groups excluding carboxylic acids is 2. The largest absolute Gasteiger partial charge is 0.292 e. The molecule has 0 saturated heterocycles. The van der Waals surface area contributed by atoms with Crippen molar-refractivity contribution in [2.45, 2.75) is 94.2 Å². The summed E-state index contributed by atoms with van der Waals surface area (Å²) in [5, 5.41) is 6.05. The zero-order valence-corrected chi connectivity index (χ0v) is 29.2. The van der Waals surface area contributed by atoms with Gasteiger partial charge in [-0.3, -0.25) is 9.59 Å². The third-order valence-electron chi connectivity index (χ3n) is 8.56. The second-order valence-corrected chi connectivity index (χ2v) is 13.6. The average Bonchev–Trinajstić information content (AvgIpc) is 2.98. The van der Waals surface area contributed by atoms with Crippen LogP contribution in [0.15, 0.2) is 140 Å². The van der Waals surface area contributed by atoms with E-state index in [1.165, 1.54) is 0 Å². The predicted molar refractivity (Wildman–Crippen MR) is 192 cm³/mol. The van der Waals surface area contributed by atoms with E-state index in [1.54, 1.807) is 13.8 Å². The molecule has 0 bridgehead atoms. The number of hydrogen-bond donors (Lipinski definition) is 0. The maximum Gasteiger partial charge on any atom is 0.186 e. The maximum atomic E-state index is 12.4. The Morgan fingerprint density at radius 3 is 1.20 bits per heavy atom. The van der Waals surface area contributed by atoms with Gasteiger partial charge in [0.25, 0.3) is 0 Å². The summed E-state index contributed by atoms with van der Waals surface area (Å²) in [7, 11) is 0. The molecule has 2 atom stereocenters. The van der Waals surface area contributed by atoms with Gasteiger partial charge in [-0.2, -0.15) is 9.81 Å². The van der Waals surface area contributed by atoms with Gasteiger partial charge in [0.05, 0.1) is 0 Å². The van der Waals surface area contributed by atoms with E-state index in [9.17, 15) is 19.4 Å². The smallest absolute Gasteiger partial charge is 0.186 e. The Bertz CT molecular complexity index is 1440. The summed E-state index contributed by atoms with van der Waals surface area (Å²) in [6.07, 6.45) is 29.1. The van der Waals surface area contributed by atoms with Gasteiger partial charge < -0.3 is 0 Å². The van der Waals surface area contributed by atoms with E-state index in [4.69, 9.17) is 0 Å². The van der Waals surface area contributed by atoms with E-state index in [1.807, 2.05) is 140 Å². The summed E-state index contributed by atoms with van der Waals surface area (Å²) in [4.78, 5) is 47.0. The molecule has 0 aromatic rings. The minimum Gasteiger partial charge on any atom is -0.292 e. The molecule has 0 heterocycles.